The van der Waals surface area contributed by atoms with E-state index in [4.69, 9.17) is 4.74 Å². The molecule has 4 atom stereocenters. The molecule has 3 aliphatic rings. The van der Waals surface area contributed by atoms with Crippen molar-refractivity contribution in [1.82, 2.24) is 0 Å². The van der Waals surface area contributed by atoms with Crippen molar-refractivity contribution in [3.8, 4) is 0 Å². The lowest BCUT2D eigenvalue weighted by Crippen LogP contribution is -2.36. The minimum Gasteiger partial charge on any atom is -0.481 e. The Kier molecular flexibility index (Phi) is 4.80. The largest absolute Gasteiger partial charge is 0.481 e. The smallest absolute Gasteiger partial charge is 0.341 e. The summed E-state index contributed by atoms with van der Waals surface area (Å²) in [7, 11) is 0. The van der Waals surface area contributed by atoms with E-state index in [0.717, 1.165) is 36.1 Å². The average molecular weight is 389 g/mol. The number of carboxylic acid groups (broad SMARTS) is 1. The second kappa shape index (κ2) is 7.11. The number of fused-ring (bicyclic) bond motifs is 3. The zero-order chi connectivity index (χ0) is 19.1. The Morgan fingerprint density at radius 2 is 1.96 bits per heavy atom. The highest BCUT2D eigenvalue weighted by Gasteiger charge is 2.51. The summed E-state index contributed by atoms with van der Waals surface area (Å²) in [4.78, 5) is 38.4. The Hall–Kier alpha value is -2.15. The summed E-state index contributed by atoms with van der Waals surface area (Å²) in [6.07, 6.45) is 8.03. The minimum atomic E-state index is -0.928. The first-order valence-electron chi connectivity index (χ1n) is 9.55. The highest BCUT2D eigenvalue weighted by molar-refractivity contribution is 7.17. The first kappa shape index (κ1) is 18.2. The van der Waals surface area contributed by atoms with Gasteiger partial charge in [-0.25, -0.2) is 4.79 Å². The molecule has 0 aromatic carbocycles. The number of ether oxygens (including phenoxy) is 1. The average Bonchev–Trinajstić information content (AvgIpc) is 3.38. The molecule has 1 heterocycles. The lowest BCUT2D eigenvalue weighted by molar-refractivity contribution is -0.146. The van der Waals surface area contributed by atoms with Crippen LogP contribution in [0.15, 0.2) is 12.2 Å². The molecule has 2 N–H and O–H groups in total. The molecule has 1 aromatic heterocycles. The molecule has 144 valence electrons. The number of amides is 1. The monoisotopic (exact) mass is 389 g/mol. The van der Waals surface area contributed by atoms with Crippen LogP contribution >= 0.6 is 11.3 Å². The van der Waals surface area contributed by atoms with E-state index < -0.39 is 23.8 Å². The van der Waals surface area contributed by atoms with E-state index in [9.17, 15) is 19.5 Å². The summed E-state index contributed by atoms with van der Waals surface area (Å²) >= 11 is 1.43. The zero-order valence-corrected chi connectivity index (χ0v) is 16.0. The Balaban J connectivity index is 1.59. The first-order chi connectivity index (χ1) is 13.0. The zero-order valence-electron chi connectivity index (χ0n) is 15.2. The van der Waals surface area contributed by atoms with Crippen LogP contribution in [-0.2, 0) is 27.2 Å². The normalized spacial score (nSPS) is 27.6. The molecule has 0 saturated heterocycles. The fourth-order valence-electron chi connectivity index (χ4n) is 4.69. The molecule has 0 unspecified atom stereocenters. The molecule has 4 rings (SSSR count). The number of aliphatic carboxylic acids is 1. The number of carbonyl (C=O) groups is 3. The molecule has 1 aromatic rings. The third-order valence-electron chi connectivity index (χ3n) is 5.85. The van der Waals surface area contributed by atoms with E-state index in [1.165, 1.54) is 11.3 Å². The van der Waals surface area contributed by atoms with Crippen LogP contribution in [0.3, 0.4) is 0 Å². The number of thiophene rings is 1. The summed E-state index contributed by atoms with van der Waals surface area (Å²) in [5.41, 5.74) is 1.46. The van der Waals surface area contributed by atoms with Crippen LogP contribution in [0.2, 0.25) is 0 Å². The Labute approximate surface area is 161 Å². The molecule has 1 saturated carbocycles. The van der Waals surface area contributed by atoms with Gasteiger partial charge in [0.25, 0.3) is 0 Å². The van der Waals surface area contributed by atoms with Gasteiger partial charge in [0.1, 0.15) is 5.00 Å². The molecule has 0 aliphatic heterocycles. The molecule has 1 amide bonds. The van der Waals surface area contributed by atoms with Crippen molar-refractivity contribution in [1.29, 1.82) is 0 Å². The molecule has 3 aliphatic carbocycles. The van der Waals surface area contributed by atoms with Gasteiger partial charge in [-0.15, -0.1) is 11.3 Å². The third kappa shape index (κ3) is 3.08. The van der Waals surface area contributed by atoms with Crippen molar-refractivity contribution in [2.24, 2.45) is 23.7 Å². The molecule has 27 heavy (non-hydrogen) atoms. The molecular weight excluding hydrogens is 366 g/mol. The highest BCUT2D eigenvalue weighted by atomic mass is 32.1. The number of rotatable bonds is 6. The van der Waals surface area contributed by atoms with Crippen molar-refractivity contribution in [2.45, 2.75) is 39.0 Å². The van der Waals surface area contributed by atoms with Gasteiger partial charge in [-0.2, -0.15) is 0 Å². The molecule has 1 fully saturated rings. The SMILES string of the molecule is CCCOC(=O)c1c(NC(=O)[C@@H]2[C@H](C(=O)O)[C@H]3C=C[C@H]2C3)sc2c1CCC2. The number of aryl methyl sites for hydroxylation is 1. The molecule has 0 spiro atoms. The molecular formula is C20H23NO5S. The van der Waals surface area contributed by atoms with Gasteiger partial charge in [0.15, 0.2) is 0 Å². The second-order valence-corrected chi connectivity index (χ2v) is 8.63. The maximum absolute atomic E-state index is 13.0. The van der Waals surface area contributed by atoms with Gasteiger partial charge in [0, 0.05) is 4.88 Å². The van der Waals surface area contributed by atoms with E-state index >= 15 is 0 Å². The van der Waals surface area contributed by atoms with Crippen LogP contribution in [0.25, 0.3) is 0 Å². The number of esters is 1. The Bertz CT molecular complexity index is 827. The topological polar surface area (TPSA) is 92.7 Å². The summed E-state index contributed by atoms with van der Waals surface area (Å²) in [5.74, 6) is -3.03. The highest BCUT2D eigenvalue weighted by Crippen LogP contribution is 2.49. The predicted molar refractivity (Wildman–Crippen MR) is 101 cm³/mol. The molecule has 0 radical (unpaired) electrons. The van der Waals surface area contributed by atoms with Gasteiger partial charge < -0.3 is 15.2 Å². The number of anilines is 1. The van der Waals surface area contributed by atoms with Crippen molar-refractivity contribution < 1.29 is 24.2 Å². The predicted octanol–water partition coefficient (Wildman–Crippen LogP) is 3.27. The number of nitrogens with one attached hydrogen (secondary N) is 1. The lowest BCUT2D eigenvalue weighted by Gasteiger charge is -2.23. The minimum absolute atomic E-state index is 0.0431. The standard InChI is InChI=1S/C20H23NO5S/c1-2-8-26-20(25)16-12-4-3-5-13(12)27-18(16)21-17(22)14-10-6-7-11(9-10)15(14)19(23)24/h6-7,10-11,14-15H,2-5,8-9H2,1H3,(H,21,22)(H,23,24)/t10-,11-,14-,15+/m0/s1. The fourth-order valence-corrected chi connectivity index (χ4v) is 5.97. The second-order valence-electron chi connectivity index (χ2n) is 7.52. The molecule has 6 nitrogen and oxygen atoms in total. The number of hydrogen-bond acceptors (Lipinski definition) is 5. The Morgan fingerprint density at radius 1 is 1.22 bits per heavy atom. The van der Waals surface area contributed by atoms with E-state index in [2.05, 4.69) is 5.32 Å². The summed E-state index contributed by atoms with van der Waals surface area (Å²) in [6, 6.07) is 0. The number of carboxylic acids is 1. The van der Waals surface area contributed by atoms with E-state index in [-0.39, 0.29) is 17.7 Å². The van der Waals surface area contributed by atoms with Crippen molar-refractivity contribution >= 4 is 34.2 Å². The fraction of sp³-hybridized carbons (Fsp3) is 0.550. The van der Waals surface area contributed by atoms with Crippen LogP contribution in [0, 0.1) is 23.7 Å². The van der Waals surface area contributed by atoms with Crippen molar-refractivity contribution in [3.63, 3.8) is 0 Å². The molecule has 2 bridgehead atoms. The van der Waals surface area contributed by atoms with Gasteiger partial charge in [0.2, 0.25) is 5.91 Å². The quantitative estimate of drug-likeness (QED) is 0.575. The number of carbonyl (C=O) groups excluding carboxylic acids is 2. The van der Waals surface area contributed by atoms with Crippen LogP contribution < -0.4 is 5.32 Å². The van der Waals surface area contributed by atoms with Gasteiger partial charge >= 0.3 is 11.9 Å². The maximum atomic E-state index is 13.0. The van der Waals surface area contributed by atoms with Gasteiger partial charge in [-0.3, -0.25) is 9.59 Å². The summed E-state index contributed by atoms with van der Waals surface area (Å²) in [6.45, 7) is 2.28. The van der Waals surface area contributed by atoms with Crippen LogP contribution in [0.5, 0.6) is 0 Å². The van der Waals surface area contributed by atoms with E-state index in [1.54, 1.807) is 0 Å². The lowest BCUT2D eigenvalue weighted by atomic mass is 9.82. The van der Waals surface area contributed by atoms with E-state index in [1.807, 2.05) is 19.1 Å². The Morgan fingerprint density at radius 3 is 2.67 bits per heavy atom. The van der Waals surface area contributed by atoms with Gasteiger partial charge in [-0.05, 0) is 49.5 Å². The van der Waals surface area contributed by atoms with Crippen LogP contribution in [-0.4, -0.2) is 29.6 Å². The van der Waals surface area contributed by atoms with Crippen LogP contribution in [0.4, 0.5) is 5.00 Å². The molecule has 7 heteroatoms. The van der Waals surface area contributed by atoms with E-state index in [0.29, 0.717) is 23.6 Å². The van der Waals surface area contributed by atoms with Crippen molar-refractivity contribution in [3.05, 3.63) is 28.2 Å². The number of hydrogen-bond donors (Lipinski definition) is 2. The van der Waals surface area contributed by atoms with Gasteiger partial charge in [0.05, 0.1) is 24.0 Å². The third-order valence-corrected chi connectivity index (χ3v) is 7.05. The summed E-state index contributed by atoms with van der Waals surface area (Å²) in [5, 5.41) is 13.0. The summed E-state index contributed by atoms with van der Waals surface area (Å²) < 4.78 is 5.33. The van der Waals surface area contributed by atoms with Gasteiger partial charge in [-0.1, -0.05) is 19.1 Å². The maximum Gasteiger partial charge on any atom is 0.341 e. The van der Waals surface area contributed by atoms with Crippen LogP contribution in [0.1, 0.15) is 47.0 Å². The number of allylic oxidation sites excluding steroid dienone is 2. The van der Waals surface area contributed by atoms with Crippen molar-refractivity contribution in [2.75, 3.05) is 11.9 Å². The first-order valence-corrected chi connectivity index (χ1v) is 10.4.